The zero-order valence-electron chi connectivity index (χ0n) is 17.3. The lowest BCUT2D eigenvalue weighted by Crippen LogP contribution is -2.50. The van der Waals surface area contributed by atoms with E-state index in [0.29, 0.717) is 26.2 Å². The first-order valence-corrected chi connectivity index (χ1v) is 10.1. The molecule has 1 heterocycles. The summed E-state index contributed by atoms with van der Waals surface area (Å²) in [5.41, 5.74) is 2.17. The van der Waals surface area contributed by atoms with Crippen LogP contribution in [0.3, 0.4) is 0 Å². The van der Waals surface area contributed by atoms with Crippen LogP contribution in [0.5, 0.6) is 0 Å². The normalized spacial score (nSPS) is 14.5. The van der Waals surface area contributed by atoms with Crippen molar-refractivity contribution in [2.24, 2.45) is 0 Å². The van der Waals surface area contributed by atoms with Gasteiger partial charge in [0.15, 0.2) is 0 Å². The number of nitro groups is 1. The number of non-ortho nitro benzene ring substituents is 1. The lowest BCUT2D eigenvalue weighted by Gasteiger charge is -2.36. The van der Waals surface area contributed by atoms with E-state index in [1.54, 1.807) is 19.2 Å². The van der Waals surface area contributed by atoms with Gasteiger partial charge in [-0.25, -0.2) is 0 Å². The smallest absolute Gasteiger partial charge is 0.269 e. The SMILES string of the molecule is COCCN(Cc1ccccc1)C(=O)CN1CCN(c2ccc([N+](=O)[O-])cc2)CC1. The van der Waals surface area contributed by atoms with Crippen LogP contribution in [0.25, 0.3) is 0 Å². The highest BCUT2D eigenvalue weighted by atomic mass is 16.6. The second-order valence-corrected chi connectivity index (χ2v) is 7.33. The maximum absolute atomic E-state index is 12.9. The van der Waals surface area contributed by atoms with Crippen LogP contribution in [0, 0.1) is 10.1 Å². The van der Waals surface area contributed by atoms with Gasteiger partial charge in [-0.3, -0.25) is 19.8 Å². The average Bonchev–Trinajstić information content (AvgIpc) is 2.78. The van der Waals surface area contributed by atoms with Crippen molar-refractivity contribution in [3.8, 4) is 0 Å². The molecule has 1 fully saturated rings. The summed E-state index contributed by atoms with van der Waals surface area (Å²) in [4.78, 5) is 29.5. The van der Waals surface area contributed by atoms with Crippen molar-refractivity contribution in [1.29, 1.82) is 0 Å². The fraction of sp³-hybridized carbons (Fsp3) is 0.409. The van der Waals surface area contributed by atoms with Crippen molar-refractivity contribution in [2.45, 2.75) is 6.54 Å². The van der Waals surface area contributed by atoms with E-state index in [0.717, 1.165) is 37.4 Å². The van der Waals surface area contributed by atoms with Crippen molar-refractivity contribution < 1.29 is 14.5 Å². The molecule has 0 aromatic heterocycles. The van der Waals surface area contributed by atoms with E-state index < -0.39 is 4.92 Å². The summed E-state index contributed by atoms with van der Waals surface area (Å²) in [6.45, 7) is 5.12. The molecule has 0 aliphatic carbocycles. The molecule has 1 saturated heterocycles. The van der Waals surface area contributed by atoms with E-state index in [-0.39, 0.29) is 11.6 Å². The molecule has 0 saturated carbocycles. The Balaban J connectivity index is 1.52. The summed E-state index contributed by atoms with van der Waals surface area (Å²) >= 11 is 0. The summed E-state index contributed by atoms with van der Waals surface area (Å²) in [6, 6.07) is 16.6. The predicted octanol–water partition coefficient (Wildman–Crippen LogP) is 2.39. The Bertz CT molecular complexity index is 821. The van der Waals surface area contributed by atoms with Gasteiger partial charge in [0.2, 0.25) is 5.91 Å². The number of piperazine rings is 1. The summed E-state index contributed by atoms with van der Waals surface area (Å²) < 4.78 is 5.18. The van der Waals surface area contributed by atoms with Gasteiger partial charge in [-0.05, 0) is 17.7 Å². The van der Waals surface area contributed by atoms with E-state index in [1.165, 1.54) is 12.1 Å². The van der Waals surface area contributed by atoms with Gasteiger partial charge in [-0.1, -0.05) is 30.3 Å². The van der Waals surface area contributed by atoms with Crippen LogP contribution in [0.1, 0.15) is 5.56 Å². The molecule has 0 atom stereocenters. The Hall–Kier alpha value is -2.97. The summed E-state index contributed by atoms with van der Waals surface area (Å²) in [5.74, 6) is 0.0969. The quantitative estimate of drug-likeness (QED) is 0.465. The van der Waals surface area contributed by atoms with Gasteiger partial charge in [-0.2, -0.15) is 0 Å². The molecule has 3 rings (SSSR count). The standard InChI is InChI=1S/C22H28N4O4/c1-30-16-15-25(17-19-5-3-2-4-6-19)22(27)18-23-11-13-24(14-12-23)20-7-9-21(10-8-20)26(28)29/h2-10H,11-18H2,1H3. The third kappa shape index (κ3) is 6.01. The number of nitro benzene ring substituents is 1. The molecular formula is C22H28N4O4. The number of hydrogen-bond acceptors (Lipinski definition) is 6. The Labute approximate surface area is 176 Å². The molecule has 2 aromatic carbocycles. The zero-order valence-corrected chi connectivity index (χ0v) is 17.3. The molecule has 30 heavy (non-hydrogen) atoms. The Morgan fingerprint density at radius 3 is 2.33 bits per heavy atom. The van der Waals surface area contributed by atoms with Crippen LogP contribution in [0.15, 0.2) is 54.6 Å². The molecule has 0 unspecified atom stereocenters. The van der Waals surface area contributed by atoms with Crippen molar-refractivity contribution in [1.82, 2.24) is 9.80 Å². The molecule has 1 aliphatic rings. The zero-order chi connectivity index (χ0) is 21.3. The predicted molar refractivity (Wildman–Crippen MR) is 115 cm³/mol. The first-order valence-electron chi connectivity index (χ1n) is 10.1. The maximum atomic E-state index is 12.9. The highest BCUT2D eigenvalue weighted by molar-refractivity contribution is 5.78. The van der Waals surface area contributed by atoms with Crippen molar-refractivity contribution in [3.63, 3.8) is 0 Å². The third-order valence-electron chi connectivity index (χ3n) is 5.29. The van der Waals surface area contributed by atoms with Gasteiger partial charge in [0.1, 0.15) is 0 Å². The van der Waals surface area contributed by atoms with E-state index in [4.69, 9.17) is 4.74 Å². The number of anilines is 1. The van der Waals surface area contributed by atoms with Crippen LogP contribution >= 0.6 is 0 Å². The van der Waals surface area contributed by atoms with Gasteiger partial charge >= 0.3 is 0 Å². The topological polar surface area (TPSA) is 79.2 Å². The van der Waals surface area contributed by atoms with E-state index in [1.807, 2.05) is 35.2 Å². The maximum Gasteiger partial charge on any atom is 0.269 e. The number of carbonyl (C=O) groups is 1. The van der Waals surface area contributed by atoms with Crippen LogP contribution < -0.4 is 4.90 Å². The third-order valence-corrected chi connectivity index (χ3v) is 5.29. The van der Waals surface area contributed by atoms with Gasteiger partial charge in [0.25, 0.3) is 5.69 Å². The van der Waals surface area contributed by atoms with Crippen molar-refractivity contribution in [2.75, 3.05) is 57.9 Å². The number of hydrogen-bond donors (Lipinski definition) is 0. The number of nitrogens with zero attached hydrogens (tertiary/aromatic N) is 4. The molecular weight excluding hydrogens is 384 g/mol. The molecule has 0 bridgehead atoms. The molecule has 160 valence electrons. The molecule has 2 aromatic rings. The molecule has 8 heteroatoms. The van der Waals surface area contributed by atoms with Gasteiger partial charge in [-0.15, -0.1) is 0 Å². The number of amides is 1. The van der Waals surface area contributed by atoms with Gasteiger partial charge < -0.3 is 14.5 Å². The summed E-state index contributed by atoms with van der Waals surface area (Å²) in [5, 5.41) is 10.8. The van der Waals surface area contributed by atoms with Crippen molar-refractivity contribution in [3.05, 3.63) is 70.3 Å². The lowest BCUT2D eigenvalue weighted by atomic mass is 10.2. The largest absolute Gasteiger partial charge is 0.383 e. The number of benzene rings is 2. The number of ether oxygens (including phenoxy) is 1. The fourth-order valence-electron chi connectivity index (χ4n) is 3.54. The molecule has 0 spiro atoms. The highest BCUT2D eigenvalue weighted by Gasteiger charge is 2.22. The number of rotatable bonds is 9. The first-order chi connectivity index (χ1) is 14.6. The average molecular weight is 412 g/mol. The minimum Gasteiger partial charge on any atom is -0.383 e. The number of methoxy groups -OCH3 is 1. The Kier molecular flexibility index (Phi) is 7.75. The summed E-state index contributed by atoms with van der Waals surface area (Å²) in [7, 11) is 1.64. The Morgan fingerprint density at radius 1 is 1.07 bits per heavy atom. The molecule has 8 nitrogen and oxygen atoms in total. The lowest BCUT2D eigenvalue weighted by molar-refractivity contribution is -0.384. The number of carbonyl (C=O) groups excluding carboxylic acids is 1. The van der Waals surface area contributed by atoms with E-state index in [9.17, 15) is 14.9 Å². The van der Waals surface area contributed by atoms with Gasteiger partial charge in [0, 0.05) is 64.2 Å². The monoisotopic (exact) mass is 412 g/mol. The fourth-order valence-corrected chi connectivity index (χ4v) is 3.54. The molecule has 0 N–H and O–H groups in total. The van der Waals surface area contributed by atoms with E-state index >= 15 is 0 Å². The highest BCUT2D eigenvalue weighted by Crippen LogP contribution is 2.20. The van der Waals surface area contributed by atoms with Crippen LogP contribution in [-0.4, -0.2) is 73.6 Å². The van der Waals surface area contributed by atoms with Crippen LogP contribution in [-0.2, 0) is 16.1 Å². The second kappa shape index (κ2) is 10.7. The Morgan fingerprint density at radius 2 is 1.73 bits per heavy atom. The van der Waals surface area contributed by atoms with Crippen LogP contribution in [0.2, 0.25) is 0 Å². The second-order valence-electron chi connectivity index (χ2n) is 7.33. The first kappa shape index (κ1) is 21.7. The van der Waals surface area contributed by atoms with Crippen LogP contribution in [0.4, 0.5) is 11.4 Å². The molecule has 1 aliphatic heterocycles. The van der Waals surface area contributed by atoms with Gasteiger partial charge in [0.05, 0.1) is 18.1 Å². The van der Waals surface area contributed by atoms with E-state index in [2.05, 4.69) is 9.80 Å². The summed E-state index contributed by atoms with van der Waals surface area (Å²) in [6.07, 6.45) is 0. The molecule has 1 amide bonds. The minimum absolute atomic E-state index is 0.0950. The molecule has 0 radical (unpaired) electrons. The minimum atomic E-state index is -0.391. The van der Waals surface area contributed by atoms with Crippen molar-refractivity contribution >= 4 is 17.3 Å².